The van der Waals surface area contributed by atoms with E-state index in [2.05, 4.69) is 12.0 Å². The van der Waals surface area contributed by atoms with Crippen molar-refractivity contribution in [3.05, 3.63) is 39.6 Å². The molecule has 108 valence electrons. The summed E-state index contributed by atoms with van der Waals surface area (Å²) in [6.45, 7) is 5.31. The molecule has 6 heteroatoms. The van der Waals surface area contributed by atoms with E-state index in [9.17, 15) is 0 Å². The molecule has 1 aromatic heterocycles. The number of halogens is 2. The zero-order valence-corrected chi connectivity index (χ0v) is 13.0. The Morgan fingerprint density at radius 1 is 1.20 bits per heavy atom. The van der Waals surface area contributed by atoms with Gasteiger partial charge in [-0.1, -0.05) is 30.1 Å². The van der Waals surface area contributed by atoms with E-state index in [1.54, 1.807) is 12.1 Å². The molecule has 1 heterocycles. The van der Waals surface area contributed by atoms with Gasteiger partial charge in [0.05, 0.1) is 27.1 Å². The number of ether oxygens (including phenoxy) is 1. The zero-order valence-electron chi connectivity index (χ0n) is 11.5. The SMILES string of the molecule is CCc1cc(COc2cc(Cl)c(Cl)cc2N)n(CC)n1. The Labute approximate surface area is 128 Å². The van der Waals surface area contributed by atoms with Crippen molar-refractivity contribution in [3.63, 3.8) is 0 Å². The standard InChI is InChI=1S/C14H17Cl2N3O/c1-3-9-5-10(19(4-2)18-9)8-20-14-7-12(16)11(15)6-13(14)17/h5-7H,3-4,8,17H2,1-2H3. The van der Waals surface area contributed by atoms with Gasteiger partial charge in [0.1, 0.15) is 12.4 Å². The highest BCUT2D eigenvalue weighted by Crippen LogP contribution is 2.32. The van der Waals surface area contributed by atoms with E-state index in [4.69, 9.17) is 33.7 Å². The Bertz CT molecular complexity index is 611. The van der Waals surface area contributed by atoms with Gasteiger partial charge >= 0.3 is 0 Å². The van der Waals surface area contributed by atoms with E-state index in [1.807, 2.05) is 17.7 Å². The summed E-state index contributed by atoms with van der Waals surface area (Å²) < 4.78 is 7.65. The number of aromatic nitrogens is 2. The fraction of sp³-hybridized carbons (Fsp3) is 0.357. The number of rotatable bonds is 5. The molecule has 1 aromatic carbocycles. The number of benzene rings is 1. The molecule has 2 rings (SSSR count). The van der Waals surface area contributed by atoms with Crippen molar-refractivity contribution >= 4 is 28.9 Å². The van der Waals surface area contributed by atoms with Gasteiger partial charge in [-0.25, -0.2) is 0 Å². The van der Waals surface area contributed by atoms with Gasteiger partial charge in [0.2, 0.25) is 0 Å². The molecule has 0 saturated heterocycles. The van der Waals surface area contributed by atoms with Crippen molar-refractivity contribution in [2.45, 2.75) is 33.4 Å². The monoisotopic (exact) mass is 313 g/mol. The third-order valence-electron chi connectivity index (χ3n) is 3.00. The smallest absolute Gasteiger partial charge is 0.144 e. The average Bonchev–Trinajstić information content (AvgIpc) is 2.84. The first-order valence-electron chi connectivity index (χ1n) is 6.48. The summed E-state index contributed by atoms with van der Waals surface area (Å²) in [5.41, 5.74) is 8.39. The lowest BCUT2D eigenvalue weighted by Crippen LogP contribution is -2.07. The number of nitrogens with zero attached hydrogens (tertiary/aromatic N) is 2. The minimum atomic E-state index is 0.392. The van der Waals surface area contributed by atoms with Crippen LogP contribution in [0, 0.1) is 0 Å². The maximum atomic E-state index is 5.97. The van der Waals surface area contributed by atoms with Gasteiger partial charge in [-0.2, -0.15) is 5.10 Å². The van der Waals surface area contributed by atoms with Gasteiger partial charge in [-0.05, 0) is 25.5 Å². The van der Waals surface area contributed by atoms with E-state index in [0.29, 0.717) is 28.1 Å². The van der Waals surface area contributed by atoms with Crippen molar-refractivity contribution in [2.24, 2.45) is 0 Å². The molecular weight excluding hydrogens is 297 g/mol. The topological polar surface area (TPSA) is 53.1 Å². The molecule has 0 bridgehead atoms. The predicted octanol–water partition coefficient (Wildman–Crippen LogP) is 3.93. The molecule has 2 N–H and O–H groups in total. The Morgan fingerprint density at radius 2 is 1.90 bits per heavy atom. The van der Waals surface area contributed by atoms with Crippen LogP contribution in [0.4, 0.5) is 5.69 Å². The summed E-state index contributed by atoms with van der Waals surface area (Å²) in [6.07, 6.45) is 0.898. The Kier molecular flexibility index (Phi) is 4.78. The maximum absolute atomic E-state index is 5.97. The van der Waals surface area contributed by atoms with Gasteiger partial charge in [-0.3, -0.25) is 4.68 Å². The zero-order chi connectivity index (χ0) is 14.7. The molecule has 20 heavy (non-hydrogen) atoms. The van der Waals surface area contributed by atoms with Crippen LogP contribution < -0.4 is 10.5 Å². The summed E-state index contributed by atoms with van der Waals surface area (Å²) in [5, 5.41) is 5.32. The molecule has 0 aliphatic heterocycles. The Morgan fingerprint density at radius 3 is 2.55 bits per heavy atom. The highest BCUT2D eigenvalue weighted by atomic mass is 35.5. The summed E-state index contributed by atoms with van der Waals surface area (Å²) >= 11 is 11.9. The molecule has 0 atom stereocenters. The lowest BCUT2D eigenvalue weighted by atomic mass is 10.3. The second kappa shape index (κ2) is 6.37. The third-order valence-corrected chi connectivity index (χ3v) is 3.73. The molecule has 0 unspecified atom stereocenters. The van der Waals surface area contributed by atoms with Crippen molar-refractivity contribution < 1.29 is 4.74 Å². The second-order valence-electron chi connectivity index (χ2n) is 4.39. The molecule has 4 nitrogen and oxygen atoms in total. The van der Waals surface area contributed by atoms with E-state index < -0.39 is 0 Å². The molecule has 2 aromatic rings. The van der Waals surface area contributed by atoms with Crippen LogP contribution in [-0.2, 0) is 19.6 Å². The number of hydrogen-bond donors (Lipinski definition) is 1. The lowest BCUT2D eigenvalue weighted by Gasteiger charge is -2.11. The Hall–Kier alpha value is -1.39. The van der Waals surface area contributed by atoms with Crippen LogP contribution in [0.2, 0.25) is 10.0 Å². The first-order chi connectivity index (χ1) is 9.55. The Balaban J connectivity index is 2.16. The van der Waals surface area contributed by atoms with Crippen molar-refractivity contribution in [3.8, 4) is 5.75 Å². The predicted molar refractivity (Wildman–Crippen MR) is 82.5 cm³/mol. The fourth-order valence-electron chi connectivity index (χ4n) is 1.90. The number of aryl methyl sites for hydroxylation is 2. The average molecular weight is 314 g/mol. The summed E-state index contributed by atoms with van der Waals surface area (Å²) in [5.74, 6) is 0.529. The van der Waals surface area contributed by atoms with Crippen LogP contribution in [0.25, 0.3) is 0 Å². The van der Waals surface area contributed by atoms with E-state index in [1.165, 1.54) is 0 Å². The number of anilines is 1. The second-order valence-corrected chi connectivity index (χ2v) is 5.20. The van der Waals surface area contributed by atoms with Crippen LogP contribution >= 0.6 is 23.2 Å². The van der Waals surface area contributed by atoms with Crippen LogP contribution in [0.5, 0.6) is 5.75 Å². The largest absolute Gasteiger partial charge is 0.485 e. The molecular formula is C14H17Cl2N3O. The summed E-state index contributed by atoms with van der Waals surface area (Å²) in [7, 11) is 0. The van der Waals surface area contributed by atoms with Gasteiger partial charge in [-0.15, -0.1) is 0 Å². The van der Waals surface area contributed by atoms with E-state index >= 15 is 0 Å². The van der Waals surface area contributed by atoms with Crippen LogP contribution in [0.3, 0.4) is 0 Å². The van der Waals surface area contributed by atoms with Crippen LogP contribution in [-0.4, -0.2) is 9.78 Å². The number of hydrogen-bond acceptors (Lipinski definition) is 3. The van der Waals surface area contributed by atoms with Crippen molar-refractivity contribution in [2.75, 3.05) is 5.73 Å². The van der Waals surface area contributed by atoms with Gasteiger partial charge in [0.25, 0.3) is 0 Å². The molecule has 0 aliphatic carbocycles. The van der Waals surface area contributed by atoms with E-state index in [-0.39, 0.29) is 0 Å². The molecule has 0 radical (unpaired) electrons. The van der Waals surface area contributed by atoms with Crippen molar-refractivity contribution in [1.29, 1.82) is 0 Å². The molecule has 0 aliphatic rings. The fourth-order valence-corrected chi connectivity index (χ4v) is 2.22. The number of nitrogens with two attached hydrogens (primary N) is 1. The van der Waals surface area contributed by atoms with Gasteiger partial charge < -0.3 is 10.5 Å². The van der Waals surface area contributed by atoms with Crippen LogP contribution in [0.15, 0.2) is 18.2 Å². The molecule has 0 spiro atoms. The van der Waals surface area contributed by atoms with Gasteiger partial charge in [0, 0.05) is 12.6 Å². The molecule has 0 saturated carbocycles. The van der Waals surface area contributed by atoms with E-state index in [0.717, 1.165) is 24.4 Å². The van der Waals surface area contributed by atoms with Gasteiger partial charge in [0.15, 0.2) is 0 Å². The highest BCUT2D eigenvalue weighted by molar-refractivity contribution is 6.42. The highest BCUT2D eigenvalue weighted by Gasteiger charge is 2.10. The molecule has 0 amide bonds. The molecule has 0 fully saturated rings. The quantitative estimate of drug-likeness (QED) is 0.851. The number of nitrogen functional groups attached to an aromatic ring is 1. The van der Waals surface area contributed by atoms with Crippen LogP contribution in [0.1, 0.15) is 25.2 Å². The minimum absolute atomic E-state index is 0.392. The lowest BCUT2D eigenvalue weighted by molar-refractivity contribution is 0.294. The first kappa shape index (κ1) is 15.0. The van der Waals surface area contributed by atoms with Crippen molar-refractivity contribution in [1.82, 2.24) is 9.78 Å². The minimum Gasteiger partial charge on any atom is -0.485 e. The maximum Gasteiger partial charge on any atom is 0.144 e. The summed E-state index contributed by atoms with van der Waals surface area (Å²) in [4.78, 5) is 0. The normalized spacial score (nSPS) is 10.8. The first-order valence-corrected chi connectivity index (χ1v) is 7.23. The summed E-state index contributed by atoms with van der Waals surface area (Å²) in [6, 6.07) is 5.26. The third kappa shape index (κ3) is 3.19.